The van der Waals surface area contributed by atoms with E-state index in [0.717, 1.165) is 90.0 Å². The van der Waals surface area contributed by atoms with Crippen molar-refractivity contribution in [1.29, 1.82) is 0 Å². The molecule has 4 aromatic heterocycles. The Morgan fingerprint density at radius 1 is 1.07 bits per heavy atom. The van der Waals surface area contributed by atoms with Crippen LogP contribution >= 0.6 is 0 Å². The summed E-state index contributed by atoms with van der Waals surface area (Å²) in [6, 6.07) is 6.41. The third kappa shape index (κ3) is 5.59. The number of aromatic amines is 1. The fourth-order valence-corrected chi connectivity index (χ4v) is 6.67. The SMILES string of the molecule is CC(C)(C)[Si](C)(C)OCc1cc2cc(-c3cnc4c(c3)n(CC3CCOCC3)c(=O)n4C3=CCCCC3)cnc2[nH]1. The molecule has 2 aliphatic rings. The second kappa shape index (κ2) is 11.0. The molecule has 0 spiro atoms. The summed E-state index contributed by atoms with van der Waals surface area (Å²) >= 11 is 0. The lowest BCUT2D eigenvalue weighted by Gasteiger charge is -2.36. The fourth-order valence-electron chi connectivity index (χ4n) is 5.72. The minimum absolute atomic E-state index is 0.0230. The standard InChI is InChI=1S/C32H43N5O3Si/c1-32(2,3)41(4,5)40-21-26-16-23-15-24(18-33-29(23)35-26)25-17-28-30(34-19-25)37(27-9-7-6-8-10-27)31(38)36(28)20-22-11-13-39-14-12-22/h9,15-19,22H,6-8,10-14,20-21H2,1-5H3,(H,33,35). The highest BCUT2D eigenvalue weighted by molar-refractivity contribution is 6.74. The largest absolute Gasteiger partial charge is 0.411 e. The first-order valence-corrected chi connectivity index (χ1v) is 18.0. The number of fused-ring (bicyclic) bond motifs is 2. The Balaban J connectivity index is 1.35. The number of nitrogens with zero attached hydrogens (tertiary/aromatic N) is 4. The van der Waals surface area contributed by atoms with E-state index in [1.807, 2.05) is 21.5 Å². The summed E-state index contributed by atoms with van der Waals surface area (Å²) in [5.41, 5.74) is 6.58. The number of ether oxygens (including phenoxy) is 1. The van der Waals surface area contributed by atoms with Gasteiger partial charge in [0.15, 0.2) is 14.0 Å². The monoisotopic (exact) mass is 573 g/mol. The van der Waals surface area contributed by atoms with Crippen molar-refractivity contribution < 1.29 is 9.16 Å². The quantitative estimate of drug-likeness (QED) is 0.238. The Morgan fingerprint density at radius 3 is 2.56 bits per heavy atom. The minimum Gasteiger partial charge on any atom is -0.411 e. The molecule has 0 aromatic carbocycles. The number of nitrogens with one attached hydrogen (secondary N) is 1. The van der Waals surface area contributed by atoms with Gasteiger partial charge in [0.1, 0.15) is 5.65 Å². The number of aromatic nitrogens is 5. The number of hydrogen-bond acceptors (Lipinski definition) is 5. The number of imidazole rings is 1. The molecule has 0 atom stereocenters. The average Bonchev–Trinajstić information content (AvgIpc) is 3.49. The zero-order valence-corrected chi connectivity index (χ0v) is 26.1. The molecule has 0 amide bonds. The molecule has 0 radical (unpaired) electrons. The van der Waals surface area contributed by atoms with Crippen molar-refractivity contribution in [2.45, 2.75) is 90.6 Å². The van der Waals surface area contributed by atoms with Crippen molar-refractivity contribution in [2.75, 3.05) is 13.2 Å². The van der Waals surface area contributed by atoms with E-state index in [1.165, 1.54) is 6.42 Å². The molecule has 1 aliphatic carbocycles. The predicted octanol–water partition coefficient (Wildman–Crippen LogP) is 7.10. The first-order valence-electron chi connectivity index (χ1n) is 15.1. The summed E-state index contributed by atoms with van der Waals surface area (Å²) in [5, 5.41) is 1.20. The number of rotatable bonds is 7. The van der Waals surface area contributed by atoms with Gasteiger partial charge in [-0.05, 0) is 80.8 Å². The number of pyridine rings is 2. The molecule has 218 valence electrons. The lowest BCUT2D eigenvalue weighted by atomic mass is 10.0. The van der Waals surface area contributed by atoms with Crippen LogP contribution in [0.3, 0.4) is 0 Å². The smallest absolute Gasteiger partial charge is 0.334 e. The van der Waals surface area contributed by atoms with E-state index in [1.54, 1.807) is 0 Å². The highest BCUT2D eigenvalue weighted by Gasteiger charge is 2.37. The maximum absolute atomic E-state index is 13.9. The van der Waals surface area contributed by atoms with Crippen LogP contribution < -0.4 is 5.69 Å². The maximum Gasteiger partial charge on any atom is 0.334 e. The van der Waals surface area contributed by atoms with Crippen LogP contribution in [0.2, 0.25) is 18.1 Å². The molecule has 4 aromatic rings. The molecule has 9 heteroatoms. The molecule has 0 bridgehead atoms. The zero-order valence-electron chi connectivity index (χ0n) is 25.1. The van der Waals surface area contributed by atoms with Crippen molar-refractivity contribution in [1.82, 2.24) is 24.1 Å². The minimum atomic E-state index is -1.85. The van der Waals surface area contributed by atoms with E-state index in [9.17, 15) is 4.79 Å². The third-order valence-corrected chi connectivity index (χ3v) is 13.8. The Bertz CT molecular complexity index is 1650. The van der Waals surface area contributed by atoms with Crippen LogP contribution in [0.1, 0.15) is 65.0 Å². The third-order valence-electron chi connectivity index (χ3n) is 9.36. The number of allylic oxidation sites excluding steroid dienone is 2. The van der Waals surface area contributed by atoms with Crippen LogP contribution in [0.5, 0.6) is 0 Å². The lowest BCUT2D eigenvalue weighted by Crippen LogP contribution is -2.40. The van der Waals surface area contributed by atoms with Crippen molar-refractivity contribution >= 4 is 36.2 Å². The van der Waals surface area contributed by atoms with Gasteiger partial charge in [0.25, 0.3) is 0 Å². The van der Waals surface area contributed by atoms with Gasteiger partial charge in [-0.3, -0.25) is 4.57 Å². The first-order chi connectivity index (χ1) is 19.6. The van der Waals surface area contributed by atoms with Gasteiger partial charge in [-0.25, -0.2) is 19.3 Å². The molecule has 1 N–H and O–H groups in total. The van der Waals surface area contributed by atoms with Crippen molar-refractivity contribution in [2.24, 2.45) is 5.92 Å². The van der Waals surface area contributed by atoms with E-state index in [0.29, 0.717) is 19.1 Å². The Labute approximate surface area is 242 Å². The zero-order chi connectivity index (χ0) is 28.8. The number of H-pyrrole nitrogens is 1. The molecule has 8 nitrogen and oxygen atoms in total. The van der Waals surface area contributed by atoms with Gasteiger partial charge in [0.2, 0.25) is 0 Å². The van der Waals surface area contributed by atoms with Gasteiger partial charge in [0, 0.05) is 60.1 Å². The summed E-state index contributed by atoms with van der Waals surface area (Å²) < 4.78 is 15.8. The summed E-state index contributed by atoms with van der Waals surface area (Å²) in [5.74, 6) is 0.425. The predicted molar refractivity (Wildman–Crippen MR) is 167 cm³/mol. The van der Waals surface area contributed by atoms with Gasteiger partial charge in [-0.2, -0.15) is 0 Å². The van der Waals surface area contributed by atoms with Crippen LogP contribution in [0.15, 0.2) is 41.5 Å². The topological polar surface area (TPSA) is 87.0 Å². The molecule has 1 saturated heterocycles. The van der Waals surface area contributed by atoms with Gasteiger partial charge in [0.05, 0.1) is 12.1 Å². The summed E-state index contributed by atoms with van der Waals surface area (Å²) in [6.07, 6.45) is 12.2. The van der Waals surface area contributed by atoms with Crippen LogP contribution in [0.4, 0.5) is 0 Å². The summed E-state index contributed by atoms with van der Waals surface area (Å²) in [4.78, 5) is 26.9. The van der Waals surface area contributed by atoms with E-state index in [-0.39, 0.29) is 10.7 Å². The van der Waals surface area contributed by atoms with Crippen molar-refractivity contribution in [3.8, 4) is 11.1 Å². The van der Waals surface area contributed by atoms with E-state index < -0.39 is 8.32 Å². The average molecular weight is 574 g/mol. The molecule has 6 rings (SSSR count). The molecule has 41 heavy (non-hydrogen) atoms. The number of hydrogen-bond donors (Lipinski definition) is 1. The molecule has 0 saturated carbocycles. The molecule has 1 fully saturated rings. The Kier molecular flexibility index (Phi) is 7.55. The van der Waals surface area contributed by atoms with Gasteiger partial charge < -0.3 is 14.1 Å². The highest BCUT2D eigenvalue weighted by Crippen LogP contribution is 2.37. The Morgan fingerprint density at radius 2 is 1.83 bits per heavy atom. The molecular weight excluding hydrogens is 530 g/mol. The van der Waals surface area contributed by atoms with Crippen LogP contribution in [0.25, 0.3) is 39.0 Å². The molecule has 5 heterocycles. The van der Waals surface area contributed by atoms with Crippen LogP contribution in [-0.4, -0.2) is 45.6 Å². The maximum atomic E-state index is 13.9. The summed E-state index contributed by atoms with van der Waals surface area (Å²) in [7, 11) is -1.85. The normalized spacial score (nSPS) is 17.4. The van der Waals surface area contributed by atoms with Gasteiger partial charge >= 0.3 is 5.69 Å². The Hall–Kier alpha value is -3.01. The van der Waals surface area contributed by atoms with E-state index >= 15 is 0 Å². The summed E-state index contributed by atoms with van der Waals surface area (Å²) in [6.45, 7) is 14.1. The fraction of sp³-hybridized carbons (Fsp3) is 0.531. The van der Waals surface area contributed by atoms with E-state index in [2.05, 4.69) is 63.1 Å². The highest BCUT2D eigenvalue weighted by atomic mass is 28.4. The van der Waals surface area contributed by atoms with Gasteiger partial charge in [-0.1, -0.05) is 26.8 Å². The van der Waals surface area contributed by atoms with E-state index in [4.69, 9.17) is 19.1 Å². The van der Waals surface area contributed by atoms with Crippen LogP contribution in [0, 0.1) is 5.92 Å². The van der Waals surface area contributed by atoms with Gasteiger partial charge in [-0.15, -0.1) is 0 Å². The second-order valence-corrected chi connectivity index (χ2v) is 18.1. The molecule has 1 aliphatic heterocycles. The second-order valence-electron chi connectivity index (χ2n) is 13.3. The lowest BCUT2D eigenvalue weighted by molar-refractivity contribution is 0.0613. The van der Waals surface area contributed by atoms with Crippen LogP contribution in [-0.2, 0) is 22.3 Å². The van der Waals surface area contributed by atoms with Crippen molar-refractivity contribution in [3.05, 3.63) is 52.8 Å². The first kappa shape index (κ1) is 28.1. The molecule has 0 unspecified atom stereocenters. The molecular formula is C32H43N5O3Si. The van der Waals surface area contributed by atoms with Crippen molar-refractivity contribution in [3.63, 3.8) is 0 Å².